The number of carbonyl (C=O) groups excluding carboxylic acids is 1. The number of halogens is 1. The number of rotatable bonds is 5. The topological polar surface area (TPSA) is 75.3 Å². The summed E-state index contributed by atoms with van der Waals surface area (Å²) in [5, 5.41) is 3.04. The molecule has 1 aromatic rings. The third-order valence-electron chi connectivity index (χ3n) is 2.88. The highest BCUT2D eigenvalue weighted by Crippen LogP contribution is 2.22. The summed E-state index contributed by atoms with van der Waals surface area (Å²) in [6.07, 6.45) is 1.05. The number of nitrogens with one attached hydrogen (secondary N) is 2. The van der Waals surface area contributed by atoms with E-state index in [1.165, 1.54) is 18.2 Å². The molecule has 0 radical (unpaired) electrons. The van der Waals surface area contributed by atoms with Crippen LogP contribution < -0.4 is 10.0 Å². The molecule has 0 aromatic heterocycles. The van der Waals surface area contributed by atoms with Gasteiger partial charge in [-0.25, -0.2) is 8.42 Å². The summed E-state index contributed by atoms with van der Waals surface area (Å²) in [5.41, 5.74) is 0.643. The largest absolute Gasteiger partial charge is 0.349 e. The second-order valence-corrected chi connectivity index (χ2v) is 7.23. The van der Waals surface area contributed by atoms with Crippen LogP contribution in [0.1, 0.15) is 31.1 Å². The summed E-state index contributed by atoms with van der Waals surface area (Å²) in [6.45, 7) is 5.92. The highest BCUT2D eigenvalue weighted by molar-refractivity contribution is 7.92. The first-order valence-electron chi connectivity index (χ1n) is 6.18. The molecule has 20 heavy (non-hydrogen) atoms. The van der Waals surface area contributed by atoms with E-state index in [9.17, 15) is 13.2 Å². The summed E-state index contributed by atoms with van der Waals surface area (Å²) < 4.78 is 24.5. The molecule has 0 saturated heterocycles. The van der Waals surface area contributed by atoms with Crippen LogP contribution in [0.3, 0.4) is 0 Å². The Morgan fingerprint density at radius 1 is 1.25 bits per heavy atom. The van der Waals surface area contributed by atoms with E-state index in [0.717, 1.165) is 6.26 Å². The van der Waals surface area contributed by atoms with Gasteiger partial charge in [-0.05, 0) is 31.0 Å². The normalized spacial score (nSPS) is 13.1. The predicted octanol–water partition coefficient (Wildman–Crippen LogP) is 2.49. The number of hydrogen-bond acceptors (Lipinski definition) is 3. The molecule has 0 aliphatic heterocycles. The summed E-state index contributed by atoms with van der Waals surface area (Å²) in [5.74, 6) is 0.0333. The maximum absolute atomic E-state index is 12.0. The zero-order chi connectivity index (χ0) is 15.5. The van der Waals surface area contributed by atoms with Crippen LogP contribution >= 0.6 is 11.6 Å². The molecule has 0 heterocycles. The molecule has 1 rings (SSSR count). The molecule has 0 spiro atoms. The van der Waals surface area contributed by atoms with E-state index < -0.39 is 10.0 Å². The van der Waals surface area contributed by atoms with E-state index in [-0.39, 0.29) is 17.0 Å². The van der Waals surface area contributed by atoms with Crippen molar-refractivity contribution in [1.29, 1.82) is 0 Å². The van der Waals surface area contributed by atoms with Crippen molar-refractivity contribution in [2.24, 2.45) is 5.92 Å². The summed E-state index contributed by atoms with van der Waals surface area (Å²) in [6, 6.07) is 4.44. The number of carbonyl (C=O) groups is 1. The van der Waals surface area contributed by atoms with Gasteiger partial charge in [0.2, 0.25) is 10.0 Å². The lowest BCUT2D eigenvalue weighted by atomic mass is 10.1. The maximum atomic E-state index is 12.0. The Bertz CT molecular complexity index is 600. The molecule has 1 amide bonds. The molecule has 0 unspecified atom stereocenters. The molecule has 112 valence electrons. The lowest BCUT2D eigenvalue weighted by Crippen LogP contribution is -2.36. The molecular formula is C13H19ClN2O3S. The molecule has 1 atom stereocenters. The highest BCUT2D eigenvalue weighted by Gasteiger charge is 2.15. The minimum atomic E-state index is -3.37. The minimum absolute atomic E-state index is 0.0207. The second kappa shape index (κ2) is 6.45. The average molecular weight is 319 g/mol. The van der Waals surface area contributed by atoms with Gasteiger partial charge in [-0.3, -0.25) is 9.52 Å². The van der Waals surface area contributed by atoms with E-state index in [0.29, 0.717) is 17.2 Å². The molecule has 1 aromatic carbocycles. The van der Waals surface area contributed by atoms with Gasteiger partial charge in [0.1, 0.15) is 0 Å². The zero-order valence-corrected chi connectivity index (χ0v) is 13.5. The standard InChI is InChI=1S/C13H19ClN2O3S/c1-8(2)9(3)15-13(17)11-6-5-10(7-12(11)14)16-20(4,18)19/h5-9,16H,1-4H3,(H,15,17)/t9-/m0/s1. The first-order valence-corrected chi connectivity index (χ1v) is 8.45. The van der Waals surface area contributed by atoms with Crippen LogP contribution in [-0.4, -0.2) is 26.6 Å². The Kier molecular flexibility index (Phi) is 5.42. The Morgan fingerprint density at radius 3 is 2.30 bits per heavy atom. The third-order valence-corrected chi connectivity index (χ3v) is 3.79. The van der Waals surface area contributed by atoms with Crippen LogP contribution in [-0.2, 0) is 10.0 Å². The fourth-order valence-electron chi connectivity index (χ4n) is 1.43. The van der Waals surface area contributed by atoms with E-state index >= 15 is 0 Å². The molecule has 2 N–H and O–H groups in total. The van der Waals surface area contributed by atoms with Crippen LogP contribution in [0.15, 0.2) is 18.2 Å². The molecule has 0 fully saturated rings. The molecular weight excluding hydrogens is 300 g/mol. The quantitative estimate of drug-likeness (QED) is 0.875. The number of amides is 1. The average Bonchev–Trinajstić information content (AvgIpc) is 2.26. The van der Waals surface area contributed by atoms with Crippen LogP contribution in [0.5, 0.6) is 0 Å². The van der Waals surface area contributed by atoms with Crippen LogP contribution in [0.2, 0.25) is 5.02 Å². The van der Waals surface area contributed by atoms with Gasteiger partial charge in [-0.2, -0.15) is 0 Å². The number of sulfonamides is 1. The molecule has 7 heteroatoms. The predicted molar refractivity (Wildman–Crippen MR) is 81.7 cm³/mol. The van der Waals surface area contributed by atoms with Crippen molar-refractivity contribution < 1.29 is 13.2 Å². The minimum Gasteiger partial charge on any atom is -0.349 e. The third kappa shape index (κ3) is 5.02. The number of benzene rings is 1. The van der Waals surface area contributed by atoms with Gasteiger partial charge in [0.15, 0.2) is 0 Å². The molecule has 0 saturated carbocycles. The van der Waals surface area contributed by atoms with Gasteiger partial charge in [0, 0.05) is 11.7 Å². The van der Waals surface area contributed by atoms with E-state index in [1.807, 2.05) is 20.8 Å². The van der Waals surface area contributed by atoms with Gasteiger partial charge in [0.25, 0.3) is 5.91 Å². The van der Waals surface area contributed by atoms with Crippen molar-refractivity contribution >= 4 is 33.2 Å². The lowest BCUT2D eigenvalue weighted by Gasteiger charge is -2.18. The smallest absolute Gasteiger partial charge is 0.253 e. The van der Waals surface area contributed by atoms with Crippen LogP contribution in [0.25, 0.3) is 0 Å². The van der Waals surface area contributed by atoms with Crippen molar-refractivity contribution in [1.82, 2.24) is 5.32 Å². The van der Waals surface area contributed by atoms with Crippen LogP contribution in [0, 0.1) is 5.92 Å². The first-order chi connectivity index (χ1) is 9.10. The van der Waals surface area contributed by atoms with Crippen molar-refractivity contribution in [3.8, 4) is 0 Å². The van der Waals surface area contributed by atoms with Crippen molar-refractivity contribution in [3.63, 3.8) is 0 Å². The second-order valence-electron chi connectivity index (χ2n) is 5.08. The SMILES string of the molecule is CC(C)[C@H](C)NC(=O)c1ccc(NS(C)(=O)=O)cc1Cl. The van der Waals surface area contributed by atoms with Crippen molar-refractivity contribution in [3.05, 3.63) is 28.8 Å². The Balaban J connectivity index is 2.90. The molecule has 0 aliphatic rings. The number of anilines is 1. The van der Waals surface area contributed by atoms with Crippen LogP contribution in [0.4, 0.5) is 5.69 Å². The van der Waals surface area contributed by atoms with Gasteiger partial charge in [0.05, 0.1) is 16.8 Å². The molecule has 0 aliphatic carbocycles. The summed E-state index contributed by atoms with van der Waals surface area (Å²) in [4.78, 5) is 12.0. The van der Waals surface area contributed by atoms with Gasteiger partial charge in [-0.1, -0.05) is 25.4 Å². The summed E-state index contributed by atoms with van der Waals surface area (Å²) in [7, 11) is -3.37. The Labute approximate surface area is 124 Å². The molecule has 5 nitrogen and oxygen atoms in total. The van der Waals surface area contributed by atoms with Crippen molar-refractivity contribution in [2.75, 3.05) is 11.0 Å². The fraction of sp³-hybridized carbons (Fsp3) is 0.462. The Hall–Kier alpha value is -1.27. The zero-order valence-electron chi connectivity index (χ0n) is 11.9. The van der Waals surface area contributed by atoms with E-state index in [2.05, 4.69) is 10.0 Å². The van der Waals surface area contributed by atoms with Gasteiger partial charge >= 0.3 is 0 Å². The highest BCUT2D eigenvalue weighted by atomic mass is 35.5. The van der Waals surface area contributed by atoms with E-state index in [4.69, 9.17) is 11.6 Å². The first kappa shape index (κ1) is 16.8. The summed E-state index contributed by atoms with van der Waals surface area (Å²) >= 11 is 6.02. The molecule has 0 bridgehead atoms. The lowest BCUT2D eigenvalue weighted by molar-refractivity contribution is 0.0930. The fourth-order valence-corrected chi connectivity index (χ4v) is 2.25. The van der Waals surface area contributed by atoms with Gasteiger partial charge < -0.3 is 5.32 Å². The van der Waals surface area contributed by atoms with Gasteiger partial charge in [-0.15, -0.1) is 0 Å². The maximum Gasteiger partial charge on any atom is 0.253 e. The monoisotopic (exact) mass is 318 g/mol. The van der Waals surface area contributed by atoms with Crippen molar-refractivity contribution in [2.45, 2.75) is 26.8 Å². The van der Waals surface area contributed by atoms with E-state index in [1.54, 1.807) is 0 Å². The Morgan fingerprint density at radius 2 is 1.85 bits per heavy atom. The number of hydrogen-bond donors (Lipinski definition) is 2.